The molecule has 0 heterocycles. The van der Waals surface area contributed by atoms with Gasteiger partial charge in [0.1, 0.15) is 0 Å². The zero-order valence-electron chi connectivity index (χ0n) is 8.46. The van der Waals surface area contributed by atoms with Crippen LogP contribution in [0.4, 0.5) is 0 Å². The SMILES string of the molecule is COc1cc2c(c(OC)c1O)CCC2. The van der Waals surface area contributed by atoms with E-state index in [1.54, 1.807) is 14.2 Å². The molecule has 1 aromatic carbocycles. The molecule has 3 nitrogen and oxygen atoms in total. The highest BCUT2D eigenvalue weighted by molar-refractivity contribution is 5.59. The maximum absolute atomic E-state index is 9.80. The molecule has 76 valence electrons. The van der Waals surface area contributed by atoms with E-state index in [9.17, 15) is 5.11 Å². The third-order valence-corrected chi connectivity index (χ3v) is 2.71. The largest absolute Gasteiger partial charge is 0.502 e. The van der Waals surface area contributed by atoms with E-state index in [0.717, 1.165) is 24.8 Å². The fraction of sp³-hybridized carbons (Fsp3) is 0.455. The summed E-state index contributed by atoms with van der Waals surface area (Å²) in [7, 11) is 3.13. The third kappa shape index (κ3) is 1.20. The van der Waals surface area contributed by atoms with Gasteiger partial charge in [0.2, 0.25) is 5.75 Å². The van der Waals surface area contributed by atoms with Crippen molar-refractivity contribution in [2.75, 3.05) is 14.2 Å². The molecule has 3 heteroatoms. The summed E-state index contributed by atoms with van der Waals surface area (Å²) < 4.78 is 10.3. The van der Waals surface area contributed by atoms with Crippen LogP contribution in [-0.2, 0) is 12.8 Å². The number of benzene rings is 1. The van der Waals surface area contributed by atoms with Crippen LogP contribution in [-0.4, -0.2) is 19.3 Å². The number of aryl methyl sites for hydroxylation is 1. The normalized spacial score (nSPS) is 13.9. The third-order valence-electron chi connectivity index (χ3n) is 2.71. The van der Waals surface area contributed by atoms with Crippen LogP contribution < -0.4 is 9.47 Å². The highest BCUT2D eigenvalue weighted by Crippen LogP contribution is 2.44. The van der Waals surface area contributed by atoms with Gasteiger partial charge in [-0.3, -0.25) is 0 Å². The van der Waals surface area contributed by atoms with Crippen molar-refractivity contribution in [2.24, 2.45) is 0 Å². The van der Waals surface area contributed by atoms with Gasteiger partial charge in [-0.2, -0.15) is 0 Å². The van der Waals surface area contributed by atoms with Gasteiger partial charge in [-0.05, 0) is 30.9 Å². The molecule has 0 aliphatic heterocycles. The molecule has 2 rings (SSSR count). The maximum Gasteiger partial charge on any atom is 0.201 e. The standard InChI is InChI=1S/C11H14O3/c1-13-9-6-7-4-3-5-8(7)11(14-2)10(9)12/h6,12H,3-5H2,1-2H3. The van der Waals surface area contributed by atoms with Crippen LogP contribution in [0.5, 0.6) is 17.2 Å². The maximum atomic E-state index is 9.80. The predicted molar refractivity (Wildman–Crippen MR) is 53.2 cm³/mol. The molecule has 0 atom stereocenters. The molecule has 0 saturated heterocycles. The van der Waals surface area contributed by atoms with Crippen molar-refractivity contribution >= 4 is 0 Å². The van der Waals surface area contributed by atoms with Crippen LogP contribution in [0.1, 0.15) is 17.5 Å². The Labute approximate surface area is 83.3 Å². The summed E-state index contributed by atoms with van der Waals surface area (Å²) in [5, 5.41) is 9.80. The Morgan fingerprint density at radius 3 is 2.64 bits per heavy atom. The molecule has 0 fully saturated rings. The Morgan fingerprint density at radius 1 is 1.21 bits per heavy atom. The summed E-state index contributed by atoms with van der Waals surface area (Å²) in [4.78, 5) is 0. The van der Waals surface area contributed by atoms with Gasteiger partial charge >= 0.3 is 0 Å². The monoisotopic (exact) mass is 194 g/mol. The van der Waals surface area contributed by atoms with Crippen LogP contribution in [0.3, 0.4) is 0 Å². The highest BCUT2D eigenvalue weighted by atomic mass is 16.5. The van der Waals surface area contributed by atoms with Crippen LogP contribution in [0, 0.1) is 0 Å². The van der Waals surface area contributed by atoms with E-state index in [0.29, 0.717) is 11.5 Å². The number of rotatable bonds is 2. The van der Waals surface area contributed by atoms with Crippen molar-refractivity contribution in [1.29, 1.82) is 0 Å². The number of methoxy groups -OCH3 is 2. The minimum Gasteiger partial charge on any atom is -0.502 e. The van der Waals surface area contributed by atoms with Crippen molar-refractivity contribution < 1.29 is 14.6 Å². The summed E-state index contributed by atoms with van der Waals surface area (Å²) in [6.45, 7) is 0. The zero-order chi connectivity index (χ0) is 10.1. The predicted octanol–water partition coefficient (Wildman–Crippen LogP) is 1.90. The Hall–Kier alpha value is -1.38. The van der Waals surface area contributed by atoms with E-state index in [2.05, 4.69) is 0 Å². The second-order valence-corrected chi connectivity index (χ2v) is 3.45. The molecule has 0 bridgehead atoms. The van der Waals surface area contributed by atoms with E-state index in [-0.39, 0.29) is 5.75 Å². The van der Waals surface area contributed by atoms with E-state index in [4.69, 9.17) is 9.47 Å². The fourth-order valence-electron chi connectivity index (χ4n) is 2.04. The lowest BCUT2D eigenvalue weighted by Gasteiger charge is -2.12. The first-order valence-electron chi connectivity index (χ1n) is 4.73. The molecule has 0 spiro atoms. The van der Waals surface area contributed by atoms with Gasteiger partial charge in [0, 0.05) is 5.56 Å². The number of ether oxygens (including phenoxy) is 2. The first kappa shape index (κ1) is 9.19. The minimum atomic E-state index is 0.121. The van der Waals surface area contributed by atoms with E-state index in [1.807, 2.05) is 6.07 Å². The van der Waals surface area contributed by atoms with Crippen LogP contribution in [0.2, 0.25) is 0 Å². The molecular formula is C11H14O3. The number of aromatic hydroxyl groups is 1. The van der Waals surface area contributed by atoms with Crippen LogP contribution in [0.15, 0.2) is 6.07 Å². The van der Waals surface area contributed by atoms with Crippen molar-refractivity contribution in [3.05, 3.63) is 17.2 Å². The Kier molecular flexibility index (Phi) is 2.23. The van der Waals surface area contributed by atoms with Gasteiger partial charge in [0.05, 0.1) is 14.2 Å². The van der Waals surface area contributed by atoms with Crippen molar-refractivity contribution in [3.63, 3.8) is 0 Å². The van der Waals surface area contributed by atoms with Crippen molar-refractivity contribution in [2.45, 2.75) is 19.3 Å². The Balaban J connectivity index is 2.60. The molecule has 0 amide bonds. The highest BCUT2D eigenvalue weighted by Gasteiger charge is 2.22. The topological polar surface area (TPSA) is 38.7 Å². The van der Waals surface area contributed by atoms with Gasteiger partial charge in [0.15, 0.2) is 11.5 Å². The summed E-state index contributed by atoms with van der Waals surface area (Å²) >= 11 is 0. The number of hydrogen-bond donors (Lipinski definition) is 1. The minimum absolute atomic E-state index is 0.121. The second kappa shape index (κ2) is 3.40. The molecule has 1 aromatic rings. The van der Waals surface area contributed by atoms with E-state index in [1.165, 1.54) is 5.56 Å². The molecule has 0 aromatic heterocycles. The molecule has 0 saturated carbocycles. The molecule has 0 radical (unpaired) electrons. The molecule has 1 aliphatic rings. The molecule has 1 aliphatic carbocycles. The number of phenolic OH excluding ortho intramolecular Hbond substituents is 1. The molecule has 1 N–H and O–H groups in total. The Bertz CT molecular complexity index is 357. The van der Waals surface area contributed by atoms with Crippen molar-refractivity contribution in [1.82, 2.24) is 0 Å². The summed E-state index contributed by atoms with van der Waals surface area (Å²) in [5.74, 6) is 1.20. The fourth-order valence-corrected chi connectivity index (χ4v) is 2.04. The summed E-state index contributed by atoms with van der Waals surface area (Å²) in [6.07, 6.45) is 3.15. The smallest absolute Gasteiger partial charge is 0.201 e. The lowest BCUT2D eigenvalue weighted by atomic mass is 10.1. The van der Waals surface area contributed by atoms with Gasteiger partial charge in [-0.1, -0.05) is 0 Å². The average molecular weight is 194 g/mol. The van der Waals surface area contributed by atoms with E-state index < -0.39 is 0 Å². The van der Waals surface area contributed by atoms with Gasteiger partial charge in [0.25, 0.3) is 0 Å². The molecule has 0 unspecified atom stereocenters. The number of fused-ring (bicyclic) bond motifs is 1. The first-order chi connectivity index (χ1) is 6.77. The summed E-state index contributed by atoms with van der Waals surface area (Å²) in [5.41, 5.74) is 2.36. The van der Waals surface area contributed by atoms with Gasteiger partial charge in [-0.15, -0.1) is 0 Å². The Morgan fingerprint density at radius 2 is 2.00 bits per heavy atom. The first-order valence-corrected chi connectivity index (χ1v) is 4.73. The second-order valence-electron chi connectivity index (χ2n) is 3.45. The molecular weight excluding hydrogens is 180 g/mol. The van der Waals surface area contributed by atoms with Crippen molar-refractivity contribution in [3.8, 4) is 17.2 Å². The summed E-state index contributed by atoms with van der Waals surface area (Å²) in [6, 6.07) is 1.90. The quantitative estimate of drug-likeness (QED) is 0.781. The van der Waals surface area contributed by atoms with Crippen LogP contribution in [0.25, 0.3) is 0 Å². The molecule has 14 heavy (non-hydrogen) atoms. The lowest BCUT2D eigenvalue weighted by Crippen LogP contribution is -1.94. The van der Waals surface area contributed by atoms with E-state index >= 15 is 0 Å². The van der Waals surface area contributed by atoms with Crippen LogP contribution >= 0.6 is 0 Å². The number of hydrogen-bond acceptors (Lipinski definition) is 3. The average Bonchev–Trinajstić information content (AvgIpc) is 2.64. The van der Waals surface area contributed by atoms with Gasteiger partial charge < -0.3 is 14.6 Å². The lowest BCUT2D eigenvalue weighted by molar-refractivity contribution is 0.337. The zero-order valence-corrected chi connectivity index (χ0v) is 8.46. The van der Waals surface area contributed by atoms with Gasteiger partial charge in [-0.25, -0.2) is 0 Å². The number of phenols is 1.